The first kappa shape index (κ1) is 14.2. The monoisotopic (exact) mass is 315 g/mol. The molecule has 1 aliphatic carbocycles. The summed E-state index contributed by atoms with van der Waals surface area (Å²) in [7, 11) is 0. The Hall–Kier alpha value is -2.38. The molecule has 23 heavy (non-hydrogen) atoms. The maximum Gasteiger partial charge on any atom is 0.318 e. The van der Waals surface area contributed by atoms with Gasteiger partial charge >= 0.3 is 6.01 Å². The summed E-state index contributed by atoms with van der Waals surface area (Å²) >= 11 is 0. The van der Waals surface area contributed by atoms with Crippen molar-refractivity contribution in [1.82, 2.24) is 20.2 Å². The number of nitrogens with zero attached hydrogens (tertiary/aromatic N) is 6. The fourth-order valence-corrected chi connectivity index (χ4v) is 3.04. The number of nitrogen functional groups attached to an aromatic ring is 1. The highest BCUT2D eigenvalue weighted by Gasteiger charge is 2.27. The fraction of sp³-hybridized carbons (Fsp3) is 0.600. The second-order valence-corrected chi connectivity index (χ2v) is 6.25. The van der Waals surface area contributed by atoms with E-state index in [4.69, 9.17) is 10.2 Å². The molecule has 1 aliphatic heterocycles. The van der Waals surface area contributed by atoms with Crippen LogP contribution in [0.25, 0.3) is 0 Å². The van der Waals surface area contributed by atoms with Crippen molar-refractivity contribution in [1.29, 1.82) is 0 Å². The quantitative estimate of drug-likeness (QED) is 0.906. The van der Waals surface area contributed by atoms with E-state index >= 15 is 0 Å². The fourth-order valence-electron chi connectivity index (χ4n) is 3.04. The van der Waals surface area contributed by atoms with Gasteiger partial charge in [0.15, 0.2) is 0 Å². The van der Waals surface area contributed by atoms with Gasteiger partial charge in [0.1, 0.15) is 5.82 Å². The Labute approximate surface area is 134 Å². The van der Waals surface area contributed by atoms with Gasteiger partial charge in [-0.3, -0.25) is 0 Å². The molecule has 2 N–H and O–H groups in total. The van der Waals surface area contributed by atoms with Crippen molar-refractivity contribution in [2.75, 3.05) is 41.7 Å². The number of hydrogen-bond acceptors (Lipinski definition) is 8. The van der Waals surface area contributed by atoms with E-state index in [0.29, 0.717) is 17.9 Å². The van der Waals surface area contributed by atoms with Crippen LogP contribution in [0.5, 0.6) is 0 Å². The summed E-state index contributed by atoms with van der Waals surface area (Å²) < 4.78 is 5.85. The van der Waals surface area contributed by atoms with Crippen molar-refractivity contribution in [3.05, 3.63) is 17.7 Å². The first-order valence-electron chi connectivity index (χ1n) is 8.13. The third-order valence-electron chi connectivity index (χ3n) is 4.62. The van der Waals surface area contributed by atoms with Crippen LogP contribution < -0.4 is 15.5 Å². The molecule has 0 radical (unpaired) electrons. The van der Waals surface area contributed by atoms with Gasteiger partial charge in [-0.15, -0.1) is 5.10 Å². The molecular weight excluding hydrogens is 294 g/mol. The Balaban J connectivity index is 1.41. The Kier molecular flexibility index (Phi) is 3.51. The largest absolute Gasteiger partial charge is 0.408 e. The maximum absolute atomic E-state index is 5.85. The van der Waals surface area contributed by atoms with E-state index < -0.39 is 0 Å². The molecular formula is C15H21N7O. The van der Waals surface area contributed by atoms with Gasteiger partial charge < -0.3 is 20.0 Å². The van der Waals surface area contributed by atoms with Gasteiger partial charge in [0.25, 0.3) is 0 Å². The van der Waals surface area contributed by atoms with Crippen molar-refractivity contribution in [3.63, 3.8) is 0 Å². The molecule has 0 amide bonds. The van der Waals surface area contributed by atoms with Crippen molar-refractivity contribution in [3.8, 4) is 0 Å². The average Bonchev–Trinajstić information content (AvgIpc) is 2.94. The van der Waals surface area contributed by atoms with Crippen LogP contribution in [0.4, 0.5) is 17.8 Å². The van der Waals surface area contributed by atoms with Crippen molar-refractivity contribution in [2.45, 2.75) is 32.1 Å². The number of aryl methyl sites for hydroxylation is 1. The lowest BCUT2D eigenvalue weighted by molar-refractivity contribution is 0.334. The van der Waals surface area contributed by atoms with E-state index in [0.717, 1.165) is 43.6 Å². The molecule has 3 heterocycles. The van der Waals surface area contributed by atoms with Crippen LogP contribution in [0.3, 0.4) is 0 Å². The lowest BCUT2D eigenvalue weighted by Crippen LogP contribution is -2.47. The molecule has 0 unspecified atom stereocenters. The third kappa shape index (κ3) is 2.80. The lowest BCUT2D eigenvalue weighted by Gasteiger charge is -2.34. The first-order chi connectivity index (χ1) is 11.2. The smallest absolute Gasteiger partial charge is 0.318 e. The van der Waals surface area contributed by atoms with Gasteiger partial charge in [0.05, 0.1) is 0 Å². The van der Waals surface area contributed by atoms with E-state index in [9.17, 15) is 0 Å². The summed E-state index contributed by atoms with van der Waals surface area (Å²) in [4.78, 5) is 12.8. The van der Waals surface area contributed by atoms with Crippen LogP contribution in [0.15, 0.2) is 10.5 Å². The summed E-state index contributed by atoms with van der Waals surface area (Å²) in [5.41, 5.74) is 6.63. The van der Waals surface area contributed by atoms with E-state index in [1.54, 1.807) is 0 Å². The van der Waals surface area contributed by atoms with Crippen LogP contribution in [0.2, 0.25) is 0 Å². The highest BCUT2D eigenvalue weighted by atomic mass is 16.4. The molecule has 4 rings (SSSR count). The van der Waals surface area contributed by atoms with Gasteiger partial charge in [-0.2, -0.15) is 4.98 Å². The number of rotatable bonds is 3. The molecule has 2 fully saturated rings. The van der Waals surface area contributed by atoms with Crippen LogP contribution >= 0.6 is 0 Å². The Bertz CT molecular complexity index is 669. The van der Waals surface area contributed by atoms with Gasteiger partial charge in [0, 0.05) is 43.9 Å². The normalized spacial score (nSPS) is 19.0. The molecule has 2 aromatic heterocycles. The summed E-state index contributed by atoms with van der Waals surface area (Å²) in [6, 6.07) is 2.61. The second-order valence-electron chi connectivity index (χ2n) is 6.25. The van der Waals surface area contributed by atoms with Gasteiger partial charge in [-0.1, -0.05) is 11.5 Å². The van der Waals surface area contributed by atoms with E-state index in [2.05, 4.69) is 30.0 Å². The van der Waals surface area contributed by atoms with Gasteiger partial charge in [0.2, 0.25) is 11.8 Å². The van der Waals surface area contributed by atoms with Crippen LogP contribution in [0.1, 0.15) is 36.8 Å². The zero-order chi connectivity index (χ0) is 15.8. The Morgan fingerprint density at radius 2 is 1.83 bits per heavy atom. The summed E-state index contributed by atoms with van der Waals surface area (Å²) in [5.74, 6) is 2.48. The highest BCUT2D eigenvalue weighted by Crippen LogP contribution is 2.36. The molecule has 0 bridgehead atoms. The second kappa shape index (κ2) is 5.68. The zero-order valence-electron chi connectivity index (χ0n) is 13.3. The molecule has 2 aromatic rings. The van der Waals surface area contributed by atoms with E-state index in [-0.39, 0.29) is 0 Å². The minimum atomic E-state index is 0.324. The van der Waals surface area contributed by atoms with Gasteiger partial charge in [-0.25, -0.2) is 4.98 Å². The molecule has 0 atom stereocenters. The minimum absolute atomic E-state index is 0.324. The standard InChI is InChI=1S/C15H21N7O/c1-10-9-12(18-14(16)17-10)21-5-7-22(8-6-21)15-20-19-13(23-15)11-3-2-4-11/h9,11H,2-8H2,1H3,(H2,16,17,18). The minimum Gasteiger partial charge on any atom is -0.408 e. The topological polar surface area (TPSA) is 97.2 Å². The number of anilines is 3. The van der Waals surface area contributed by atoms with Crippen LogP contribution in [-0.4, -0.2) is 46.3 Å². The van der Waals surface area contributed by atoms with Crippen LogP contribution in [0, 0.1) is 6.92 Å². The maximum atomic E-state index is 5.85. The molecule has 1 saturated heterocycles. The first-order valence-corrected chi connectivity index (χ1v) is 8.13. The Morgan fingerprint density at radius 3 is 2.48 bits per heavy atom. The van der Waals surface area contributed by atoms with E-state index in [1.807, 2.05) is 13.0 Å². The third-order valence-corrected chi connectivity index (χ3v) is 4.62. The molecule has 0 spiro atoms. The molecule has 2 aliphatic rings. The van der Waals surface area contributed by atoms with Crippen LogP contribution in [-0.2, 0) is 0 Å². The summed E-state index contributed by atoms with van der Waals surface area (Å²) in [6.07, 6.45) is 3.61. The molecule has 8 nitrogen and oxygen atoms in total. The highest BCUT2D eigenvalue weighted by molar-refractivity contribution is 5.45. The van der Waals surface area contributed by atoms with Gasteiger partial charge in [-0.05, 0) is 19.8 Å². The van der Waals surface area contributed by atoms with E-state index in [1.165, 1.54) is 19.3 Å². The SMILES string of the molecule is Cc1cc(N2CCN(c3nnc(C4CCC4)o3)CC2)nc(N)n1. The summed E-state index contributed by atoms with van der Waals surface area (Å²) in [5, 5.41) is 8.42. The number of piperazine rings is 1. The molecule has 1 saturated carbocycles. The molecule has 0 aromatic carbocycles. The molecule has 122 valence electrons. The Morgan fingerprint density at radius 1 is 1.09 bits per heavy atom. The predicted molar refractivity (Wildman–Crippen MR) is 86.5 cm³/mol. The average molecular weight is 315 g/mol. The van der Waals surface area contributed by atoms with Crippen molar-refractivity contribution < 1.29 is 4.42 Å². The number of aromatic nitrogens is 4. The van der Waals surface area contributed by atoms with Crippen molar-refractivity contribution in [2.24, 2.45) is 0 Å². The number of nitrogens with two attached hydrogens (primary N) is 1. The lowest BCUT2D eigenvalue weighted by atomic mass is 9.85. The summed E-state index contributed by atoms with van der Waals surface area (Å²) in [6.45, 7) is 5.27. The molecule has 8 heteroatoms. The van der Waals surface area contributed by atoms with Crippen molar-refractivity contribution >= 4 is 17.8 Å². The zero-order valence-corrected chi connectivity index (χ0v) is 13.3. The number of hydrogen-bond donors (Lipinski definition) is 1. The predicted octanol–water partition coefficient (Wildman–Crippen LogP) is 1.34.